The summed E-state index contributed by atoms with van der Waals surface area (Å²) in [4.78, 5) is 28.2. The predicted octanol–water partition coefficient (Wildman–Crippen LogP) is 3.86. The molecular weight excluding hydrogens is 344 g/mol. The lowest BCUT2D eigenvalue weighted by Crippen LogP contribution is -2.48. The molecular formula is C21H30N2O2S. The van der Waals surface area contributed by atoms with Crippen LogP contribution in [0.2, 0.25) is 0 Å². The Bertz CT molecular complexity index is 587. The molecule has 1 heterocycles. The molecule has 1 saturated carbocycles. The maximum absolute atomic E-state index is 12.6. The molecule has 1 aromatic carbocycles. The number of rotatable bonds is 6. The number of benzene rings is 1. The Morgan fingerprint density at radius 3 is 2.58 bits per heavy atom. The zero-order chi connectivity index (χ0) is 18.2. The van der Waals surface area contributed by atoms with Crippen LogP contribution in [0.15, 0.2) is 35.2 Å². The SMILES string of the molecule is O=C(NC1CCCCC1)C1CCCN(C(=O)CCSc2ccccc2)C1. The first kappa shape index (κ1) is 19.3. The van der Waals surface area contributed by atoms with Crippen LogP contribution in [-0.2, 0) is 9.59 Å². The normalized spacial score (nSPS) is 21.4. The molecule has 1 N–H and O–H groups in total. The lowest BCUT2D eigenvalue weighted by Gasteiger charge is -2.33. The van der Waals surface area contributed by atoms with Gasteiger partial charge in [-0.15, -0.1) is 11.8 Å². The second kappa shape index (κ2) is 10.0. The van der Waals surface area contributed by atoms with Gasteiger partial charge in [-0.25, -0.2) is 0 Å². The van der Waals surface area contributed by atoms with Gasteiger partial charge in [0.25, 0.3) is 0 Å². The van der Waals surface area contributed by atoms with E-state index in [1.54, 1.807) is 11.8 Å². The van der Waals surface area contributed by atoms with Gasteiger partial charge in [-0.2, -0.15) is 0 Å². The molecule has 4 nitrogen and oxygen atoms in total. The smallest absolute Gasteiger partial charge is 0.225 e. The highest BCUT2D eigenvalue weighted by Crippen LogP contribution is 2.22. The van der Waals surface area contributed by atoms with E-state index in [9.17, 15) is 9.59 Å². The fourth-order valence-electron chi connectivity index (χ4n) is 3.91. The van der Waals surface area contributed by atoms with Gasteiger partial charge in [0.05, 0.1) is 5.92 Å². The number of likely N-dealkylation sites (tertiary alicyclic amines) is 1. The second-order valence-corrected chi connectivity index (χ2v) is 8.60. The number of carbonyl (C=O) groups is 2. The minimum absolute atomic E-state index is 0.0311. The minimum atomic E-state index is -0.0311. The number of amides is 2. The highest BCUT2D eigenvalue weighted by molar-refractivity contribution is 7.99. The molecule has 1 aromatic rings. The van der Waals surface area contributed by atoms with Crippen molar-refractivity contribution in [1.82, 2.24) is 10.2 Å². The summed E-state index contributed by atoms with van der Waals surface area (Å²) in [5, 5.41) is 3.23. The average Bonchev–Trinajstić information content (AvgIpc) is 2.69. The summed E-state index contributed by atoms with van der Waals surface area (Å²) in [6, 6.07) is 10.5. The van der Waals surface area contributed by atoms with Crippen LogP contribution in [0.4, 0.5) is 0 Å². The zero-order valence-corrected chi connectivity index (χ0v) is 16.3. The third-order valence-corrected chi connectivity index (χ3v) is 6.44. The van der Waals surface area contributed by atoms with Gasteiger partial charge in [-0.05, 0) is 37.8 Å². The molecule has 0 radical (unpaired) electrons. The molecule has 5 heteroatoms. The number of nitrogens with one attached hydrogen (secondary N) is 1. The van der Waals surface area contributed by atoms with E-state index in [0.717, 1.165) is 38.0 Å². The molecule has 26 heavy (non-hydrogen) atoms. The van der Waals surface area contributed by atoms with Crippen molar-refractivity contribution in [1.29, 1.82) is 0 Å². The standard InChI is InChI=1S/C21H30N2O2S/c24-20(13-15-26-19-11-5-2-6-12-19)23-14-7-8-17(16-23)21(25)22-18-9-3-1-4-10-18/h2,5-6,11-12,17-18H,1,3-4,7-10,13-16H2,(H,22,25). The number of hydrogen-bond acceptors (Lipinski definition) is 3. The quantitative estimate of drug-likeness (QED) is 0.769. The highest BCUT2D eigenvalue weighted by Gasteiger charge is 2.29. The molecule has 1 saturated heterocycles. The summed E-state index contributed by atoms with van der Waals surface area (Å²) >= 11 is 1.72. The van der Waals surface area contributed by atoms with Gasteiger partial charge in [-0.1, -0.05) is 37.5 Å². The fourth-order valence-corrected chi connectivity index (χ4v) is 4.78. The number of thioether (sulfide) groups is 1. The van der Waals surface area contributed by atoms with Gasteiger partial charge in [0, 0.05) is 36.2 Å². The van der Waals surface area contributed by atoms with Gasteiger partial charge in [0.2, 0.25) is 11.8 Å². The second-order valence-electron chi connectivity index (χ2n) is 7.43. The van der Waals surface area contributed by atoms with Gasteiger partial charge in [-0.3, -0.25) is 9.59 Å². The van der Waals surface area contributed by atoms with E-state index in [2.05, 4.69) is 17.4 Å². The third kappa shape index (κ3) is 5.76. The lowest BCUT2D eigenvalue weighted by molar-refractivity contribution is -0.135. The van der Waals surface area contributed by atoms with Crippen LogP contribution in [0, 0.1) is 5.92 Å². The Kier molecular flexibility index (Phi) is 7.42. The molecule has 0 spiro atoms. The minimum Gasteiger partial charge on any atom is -0.353 e. The molecule has 3 rings (SSSR count). The Balaban J connectivity index is 1.41. The Morgan fingerprint density at radius 1 is 1.04 bits per heavy atom. The first-order chi connectivity index (χ1) is 12.7. The van der Waals surface area contributed by atoms with Crippen molar-refractivity contribution in [2.24, 2.45) is 5.92 Å². The fraction of sp³-hybridized carbons (Fsp3) is 0.619. The van der Waals surface area contributed by atoms with Crippen LogP contribution >= 0.6 is 11.8 Å². The number of piperidine rings is 1. The largest absolute Gasteiger partial charge is 0.353 e. The third-order valence-electron chi connectivity index (χ3n) is 5.42. The summed E-state index contributed by atoms with van der Waals surface area (Å²) in [7, 11) is 0. The molecule has 0 aromatic heterocycles. The van der Waals surface area contributed by atoms with E-state index < -0.39 is 0 Å². The summed E-state index contributed by atoms with van der Waals surface area (Å²) in [5.41, 5.74) is 0. The highest BCUT2D eigenvalue weighted by atomic mass is 32.2. The molecule has 2 aliphatic rings. The maximum atomic E-state index is 12.6. The van der Waals surface area contributed by atoms with Crippen LogP contribution in [0.1, 0.15) is 51.4 Å². The summed E-state index contributed by atoms with van der Waals surface area (Å²) in [5.74, 6) is 1.10. The number of hydrogen-bond donors (Lipinski definition) is 1. The molecule has 142 valence electrons. The van der Waals surface area contributed by atoms with E-state index in [1.165, 1.54) is 24.2 Å². The molecule has 2 fully saturated rings. The van der Waals surface area contributed by atoms with Crippen LogP contribution in [0.3, 0.4) is 0 Å². The van der Waals surface area contributed by atoms with E-state index in [0.29, 0.717) is 19.0 Å². The number of carbonyl (C=O) groups excluding carboxylic acids is 2. The van der Waals surface area contributed by atoms with E-state index >= 15 is 0 Å². The van der Waals surface area contributed by atoms with Crippen molar-refractivity contribution < 1.29 is 9.59 Å². The van der Waals surface area contributed by atoms with E-state index in [4.69, 9.17) is 0 Å². The molecule has 1 aliphatic heterocycles. The Labute approximate surface area is 161 Å². The van der Waals surface area contributed by atoms with Crippen molar-refractivity contribution in [3.63, 3.8) is 0 Å². The first-order valence-corrected chi connectivity index (χ1v) is 11.0. The van der Waals surface area contributed by atoms with Crippen LogP contribution in [0.25, 0.3) is 0 Å². The van der Waals surface area contributed by atoms with Crippen molar-refractivity contribution in [2.75, 3.05) is 18.8 Å². The van der Waals surface area contributed by atoms with Crippen LogP contribution in [0.5, 0.6) is 0 Å². The molecule has 0 bridgehead atoms. The molecule has 1 aliphatic carbocycles. The van der Waals surface area contributed by atoms with Crippen molar-refractivity contribution in [3.8, 4) is 0 Å². The first-order valence-electron chi connectivity index (χ1n) is 9.98. The van der Waals surface area contributed by atoms with Crippen molar-refractivity contribution in [2.45, 2.75) is 62.3 Å². The maximum Gasteiger partial charge on any atom is 0.225 e. The lowest BCUT2D eigenvalue weighted by atomic mass is 9.93. The Morgan fingerprint density at radius 2 is 1.81 bits per heavy atom. The Hall–Kier alpha value is -1.49. The topological polar surface area (TPSA) is 49.4 Å². The van der Waals surface area contributed by atoms with Crippen LogP contribution in [-0.4, -0.2) is 41.6 Å². The van der Waals surface area contributed by atoms with Gasteiger partial charge in [0.1, 0.15) is 0 Å². The van der Waals surface area contributed by atoms with Gasteiger partial charge >= 0.3 is 0 Å². The van der Waals surface area contributed by atoms with Gasteiger partial charge < -0.3 is 10.2 Å². The van der Waals surface area contributed by atoms with Crippen molar-refractivity contribution >= 4 is 23.6 Å². The predicted molar refractivity (Wildman–Crippen MR) is 106 cm³/mol. The summed E-state index contributed by atoms with van der Waals surface area (Å²) in [6.07, 6.45) is 8.32. The van der Waals surface area contributed by atoms with Crippen LogP contribution < -0.4 is 5.32 Å². The van der Waals surface area contributed by atoms with Crippen molar-refractivity contribution in [3.05, 3.63) is 30.3 Å². The molecule has 1 unspecified atom stereocenters. The van der Waals surface area contributed by atoms with E-state index in [1.807, 2.05) is 23.1 Å². The molecule has 2 amide bonds. The monoisotopic (exact) mass is 374 g/mol. The number of nitrogens with zero attached hydrogens (tertiary/aromatic N) is 1. The molecule has 1 atom stereocenters. The van der Waals surface area contributed by atoms with Gasteiger partial charge in [0.15, 0.2) is 0 Å². The van der Waals surface area contributed by atoms with E-state index in [-0.39, 0.29) is 17.7 Å². The average molecular weight is 375 g/mol. The zero-order valence-electron chi connectivity index (χ0n) is 15.5. The summed E-state index contributed by atoms with van der Waals surface area (Å²) < 4.78 is 0. The summed E-state index contributed by atoms with van der Waals surface area (Å²) in [6.45, 7) is 1.38.